The summed E-state index contributed by atoms with van der Waals surface area (Å²) in [5.41, 5.74) is 0.105. The van der Waals surface area contributed by atoms with E-state index in [1.165, 1.54) is 12.1 Å². The molecule has 0 aliphatic rings. The summed E-state index contributed by atoms with van der Waals surface area (Å²) in [7, 11) is 0. The van der Waals surface area contributed by atoms with Crippen molar-refractivity contribution in [3.8, 4) is 0 Å². The van der Waals surface area contributed by atoms with E-state index in [1.807, 2.05) is 0 Å². The highest BCUT2D eigenvalue weighted by atomic mass is 32.2. The fourth-order valence-electron chi connectivity index (χ4n) is 1.58. The predicted molar refractivity (Wildman–Crippen MR) is 69.3 cm³/mol. The minimum absolute atomic E-state index is 0.245. The Balaban J connectivity index is 2.11. The summed E-state index contributed by atoms with van der Waals surface area (Å²) in [6.07, 6.45) is 0. The van der Waals surface area contributed by atoms with Crippen LogP contribution in [0.5, 0.6) is 0 Å². The SMILES string of the molecule is O=C(O)c1ccc(CSc2ccc(F)cc2F)cc1F. The van der Waals surface area contributed by atoms with Crippen molar-refractivity contribution in [2.24, 2.45) is 0 Å². The largest absolute Gasteiger partial charge is 0.478 e. The Morgan fingerprint density at radius 1 is 1.05 bits per heavy atom. The van der Waals surface area contributed by atoms with Gasteiger partial charge in [-0.1, -0.05) is 6.07 Å². The van der Waals surface area contributed by atoms with Crippen LogP contribution in [0, 0.1) is 17.5 Å². The predicted octanol–water partition coefficient (Wildman–Crippen LogP) is 4.09. The van der Waals surface area contributed by atoms with E-state index < -0.39 is 29.0 Å². The van der Waals surface area contributed by atoms with E-state index in [-0.39, 0.29) is 10.6 Å². The fraction of sp³-hybridized carbons (Fsp3) is 0.0714. The Hall–Kier alpha value is -1.95. The first-order valence-electron chi connectivity index (χ1n) is 5.57. The van der Waals surface area contributed by atoms with E-state index >= 15 is 0 Å². The Bertz CT molecular complexity index is 659. The first-order valence-corrected chi connectivity index (χ1v) is 6.55. The number of carboxylic acid groups (broad SMARTS) is 1. The van der Waals surface area contributed by atoms with Crippen molar-refractivity contribution in [1.82, 2.24) is 0 Å². The van der Waals surface area contributed by atoms with E-state index in [2.05, 4.69) is 0 Å². The van der Waals surface area contributed by atoms with Gasteiger partial charge >= 0.3 is 5.97 Å². The molecule has 0 aromatic heterocycles. The van der Waals surface area contributed by atoms with Gasteiger partial charge in [0, 0.05) is 16.7 Å². The number of carbonyl (C=O) groups is 1. The van der Waals surface area contributed by atoms with Crippen LogP contribution in [0.15, 0.2) is 41.3 Å². The van der Waals surface area contributed by atoms with Crippen LogP contribution in [0.3, 0.4) is 0 Å². The summed E-state index contributed by atoms with van der Waals surface area (Å²) in [6.45, 7) is 0. The smallest absolute Gasteiger partial charge is 0.338 e. The standard InChI is InChI=1S/C14H9F3O2S/c15-9-2-4-13(12(17)6-9)20-7-8-1-3-10(14(18)19)11(16)5-8/h1-6H,7H2,(H,18,19). The second-order valence-electron chi connectivity index (χ2n) is 3.98. The van der Waals surface area contributed by atoms with E-state index in [1.54, 1.807) is 0 Å². The van der Waals surface area contributed by atoms with Crippen LogP contribution in [-0.4, -0.2) is 11.1 Å². The van der Waals surface area contributed by atoms with Crippen LogP contribution in [0.25, 0.3) is 0 Å². The first kappa shape index (κ1) is 14.5. The molecular weight excluding hydrogens is 289 g/mol. The van der Waals surface area contributed by atoms with Gasteiger partial charge < -0.3 is 5.11 Å². The van der Waals surface area contributed by atoms with Gasteiger partial charge in [0.25, 0.3) is 0 Å². The zero-order valence-corrected chi connectivity index (χ0v) is 10.9. The quantitative estimate of drug-likeness (QED) is 0.864. The molecular formula is C14H9F3O2S. The Kier molecular flexibility index (Phi) is 4.34. The molecule has 0 saturated carbocycles. The minimum atomic E-state index is -1.34. The molecule has 104 valence electrons. The van der Waals surface area contributed by atoms with Crippen LogP contribution < -0.4 is 0 Å². The van der Waals surface area contributed by atoms with Crippen LogP contribution in [0.1, 0.15) is 15.9 Å². The van der Waals surface area contributed by atoms with Gasteiger partial charge in [-0.05, 0) is 29.8 Å². The van der Waals surface area contributed by atoms with Gasteiger partial charge in [-0.25, -0.2) is 18.0 Å². The summed E-state index contributed by atoms with van der Waals surface area (Å²) >= 11 is 1.08. The van der Waals surface area contributed by atoms with Gasteiger partial charge in [0.1, 0.15) is 17.5 Å². The Morgan fingerprint density at radius 3 is 2.40 bits per heavy atom. The molecule has 0 aliphatic heterocycles. The molecule has 0 heterocycles. The maximum Gasteiger partial charge on any atom is 0.338 e. The minimum Gasteiger partial charge on any atom is -0.478 e. The second-order valence-corrected chi connectivity index (χ2v) is 5.00. The van der Waals surface area contributed by atoms with Crippen LogP contribution in [0.4, 0.5) is 13.2 Å². The zero-order chi connectivity index (χ0) is 14.7. The summed E-state index contributed by atoms with van der Waals surface area (Å²) < 4.78 is 39.6. The van der Waals surface area contributed by atoms with E-state index in [9.17, 15) is 18.0 Å². The Labute approximate surface area is 117 Å². The number of hydrogen-bond acceptors (Lipinski definition) is 2. The molecule has 2 aromatic carbocycles. The number of thioether (sulfide) groups is 1. The van der Waals surface area contributed by atoms with E-state index in [0.29, 0.717) is 5.56 Å². The van der Waals surface area contributed by atoms with Gasteiger partial charge in [-0.15, -0.1) is 11.8 Å². The number of rotatable bonds is 4. The monoisotopic (exact) mass is 298 g/mol. The van der Waals surface area contributed by atoms with E-state index in [0.717, 1.165) is 36.0 Å². The normalized spacial score (nSPS) is 10.6. The molecule has 0 amide bonds. The number of halogens is 3. The van der Waals surface area contributed by atoms with Gasteiger partial charge in [0.2, 0.25) is 0 Å². The van der Waals surface area contributed by atoms with Gasteiger partial charge in [0.15, 0.2) is 0 Å². The van der Waals surface area contributed by atoms with Crippen molar-refractivity contribution in [1.29, 1.82) is 0 Å². The molecule has 0 saturated heterocycles. The molecule has 2 aromatic rings. The Morgan fingerprint density at radius 2 is 1.80 bits per heavy atom. The molecule has 6 heteroatoms. The molecule has 20 heavy (non-hydrogen) atoms. The lowest BCUT2D eigenvalue weighted by Crippen LogP contribution is -2.00. The third-order valence-electron chi connectivity index (χ3n) is 2.55. The number of aromatic carboxylic acids is 1. The van der Waals surface area contributed by atoms with Crippen molar-refractivity contribution in [2.45, 2.75) is 10.6 Å². The maximum absolute atomic E-state index is 13.4. The maximum atomic E-state index is 13.4. The topological polar surface area (TPSA) is 37.3 Å². The lowest BCUT2D eigenvalue weighted by molar-refractivity contribution is 0.0692. The van der Waals surface area contributed by atoms with Crippen molar-refractivity contribution in [3.63, 3.8) is 0 Å². The molecule has 0 spiro atoms. The number of hydrogen-bond donors (Lipinski definition) is 1. The van der Waals surface area contributed by atoms with Gasteiger partial charge in [-0.3, -0.25) is 0 Å². The molecule has 2 nitrogen and oxygen atoms in total. The third kappa shape index (κ3) is 3.33. The number of benzene rings is 2. The summed E-state index contributed by atoms with van der Waals surface area (Å²) in [6, 6.07) is 6.93. The second kappa shape index (κ2) is 6.00. The molecule has 1 N–H and O–H groups in total. The highest BCUT2D eigenvalue weighted by molar-refractivity contribution is 7.98. The summed E-state index contributed by atoms with van der Waals surface area (Å²) in [5, 5.41) is 8.70. The summed E-state index contributed by atoms with van der Waals surface area (Å²) in [4.78, 5) is 10.9. The van der Waals surface area contributed by atoms with Crippen molar-refractivity contribution in [3.05, 3.63) is 65.0 Å². The fourth-order valence-corrected chi connectivity index (χ4v) is 2.44. The highest BCUT2D eigenvalue weighted by Crippen LogP contribution is 2.26. The van der Waals surface area contributed by atoms with E-state index in [4.69, 9.17) is 5.11 Å². The molecule has 0 aliphatic carbocycles. The number of carboxylic acids is 1. The lowest BCUT2D eigenvalue weighted by Gasteiger charge is -2.05. The van der Waals surface area contributed by atoms with Crippen molar-refractivity contribution < 1.29 is 23.1 Å². The van der Waals surface area contributed by atoms with Crippen LogP contribution in [0.2, 0.25) is 0 Å². The molecule has 0 unspecified atom stereocenters. The van der Waals surface area contributed by atoms with Crippen molar-refractivity contribution >= 4 is 17.7 Å². The average molecular weight is 298 g/mol. The molecule has 0 radical (unpaired) electrons. The molecule has 0 atom stereocenters. The molecule has 0 bridgehead atoms. The van der Waals surface area contributed by atoms with Gasteiger partial charge in [-0.2, -0.15) is 0 Å². The average Bonchev–Trinajstić information content (AvgIpc) is 2.37. The highest BCUT2D eigenvalue weighted by Gasteiger charge is 2.11. The molecule has 2 rings (SSSR count). The van der Waals surface area contributed by atoms with Gasteiger partial charge in [0.05, 0.1) is 5.56 Å². The van der Waals surface area contributed by atoms with Crippen LogP contribution in [-0.2, 0) is 5.75 Å². The lowest BCUT2D eigenvalue weighted by atomic mass is 10.1. The third-order valence-corrected chi connectivity index (χ3v) is 3.67. The summed E-state index contributed by atoms with van der Waals surface area (Å²) in [5.74, 6) is -3.28. The first-order chi connectivity index (χ1) is 9.47. The van der Waals surface area contributed by atoms with Crippen molar-refractivity contribution in [2.75, 3.05) is 0 Å². The molecule has 0 fully saturated rings. The van der Waals surface area contributed by atoms with Crippen LogP contribution >= 0.6 is 11.8 Å². The zero-order valence-electron chi connectivity index (χ0n) is 10.1.